The summed E-state index contributed by atoms with van der Waals surface area (Å²) in [5.74, 6) is -6.86. The SMILES string of the molecule is CC(=O)C1CC2NC3=C(OC2C(C(=O)O)C1=O)C(C(C)=O)C(C(C)=O)C=C3. The number of carboxylic acids is 1. The average Bonchev–Trinajstić information content (AvgIpc) is 2.57. The molecule has 0 radical (unpaired) electrons. The summed E-state index contributed by atoms with van der Waals surface area (Å²) in [5.41, 5.74) is 0.481. The van der Waals surface area contributed by atoms with Gasteiger partial charge < -0.3 is 15.2 Å². The number of ketones is 4. The second-order valence-electron chi connectivity index (χ2n) is 7.31. The highest BCUT2D eigenvalue weighted by atomic mass is 16.5. The van der Waals surface area contributed by atoms with Gasteiger partial charge in [-0.1, -0.05) is 6.08 Å². The molecule has 144 valence electrons. The number of aliphatic carboxylic acids is 1. The van der Waals surface area contributed by atoms with Crippen LogP contribution in [-0.2, 0) is 28.7 Å². The molecule has 3 aliphatic rings. The Balaban J connectivity index is 2.02. The second kappa shape index (κ2) is 6.75. The maximum atomic E-state index is 12.6. The monoisotopic (exact) mass is 375 g/mol. The number of ether oxygens (including phenoxy) is 1. The smallest absolute Gasteiger partial charge is 0.317 e. The van der Waals surface area contributed by atoms with Crippen LogP contribution in [0.15, 0.2) is 23.6 Å². The van der Waals surface area contributed by atoms with E-state index >= 15 is 0 Å². The van der Waals surface area contributed by atoms with E-state index in [1.165, 1.54) is 20.8 Å². The van der Waals surface area contributed by atoms with Crippen molar-refractivity contribution in [3.63, 3.8) is 0 Å². The molecule has 2 aliphatic carbocycles. The quantitative estimate of drug-likeness (QED) is 0.677. The van der Waals surface area contributed by atoms with Crippen LogP contribution in [-0.4, -0.2) is 46.4 Å². The molecule has 0 aromatic rings. The van der Waals surface area contributed by atoms with Crippen LogP contribution in [0.3, 0.4) is 0 Å². The molecule has 1 aliphatic heterocycles. The number of rotatable bonds is 4. The molecule has 0 aromatic heterocycles. The van der Waals surface area contributed by atoms with Crippen LogP contribution in [0.5, 0.6) is 0 Å². The van der Waals surface area contributed by atoms with Gasteiger partial charge in [0.05, 0.1) is 29.5 Å². The molecular weight excluding hydrogens is 354 g/mol. The van der Waals surface area contributed by atoms with Gasteiger partial charge in [-0.3, -0.25) is 24.0 Å². The van der Waals surface area contributed by atoms with Gasteiger partial charge in [0, 0.05) is 0 Å². The maximum absolute atomic E-state index is 12.6. The number of carbonyl (C=O) groups is 5. The first-order valence-electron chi connectivity index (χ1n) is 8.77. The lowest BCUT2D eigenvalue weighted by Crippen LogP contribution is -2.60. The number of carboxylic acid groups (broad SMARTS) is 1. The molecule has 1 saturated carbocycles. The van der Waals surface area contributed by atoms with Gasteiger partial charge in [-0.25, -0.2) is 0 Å². The predicted octanol–water partition coefficient (Wildman–Crippen LogP) is 0.414. The van der Waals surface area contributed by atoms with Gasteiger partial charge >= 0.3 is 5.97 Å². The molecule has 0 aromatic carbocycles. The van der Waals surface area contributed by atoms with E-state index in [1.54, 1.807) is 12.2 Å². The normalized spacial score (nSPS) is 34.7. The molecule has 0 amide bonds. The van der Waals surface area contributed by atoms with Gasteiger partial charge in [-0.2, -0.15) is 0 Å². The fourth-order valence-corrected chi connectivity index (χ4v) is 4.17. The van der Waals surface area contributed by atoms with Crippen LogP contribution in [0.25, 0.3) is 0 Å². The van der Waals surface area contributed by atoms with Crippen molar-refractivity contribution < 1.29 is 33.8 Å². The van der Waals surface area contributed by atoms with Gasteiger partial charge in [0.1, 0.15) is 29.2 Å². The van der Waals surface area contributed by atoms with Crippen molar-refractivity contribution in [1.82, 2.24) is 5.32 Å². The van der Waals surface area contributed by atoms with Crippen molar-refractivity contribution in [2.24, 2.45) is 23.7 Å². The van der Waals surface area contributed by atoms with Crippen LogP contribution in [0.2, 0.25) is 0 Å². The van der Waals surface area contributed by atoms with Crippen molar-refractivity contribution in [3.8, 4) is 0 Å². The van der Waals surface area contributed by atoms with Crippen molar-refractivity contribution in [2.75, 3.05) is 0 Å². The summed E-state index contributed by atoms with van der Waals surface area (Å²) in [6.45, 7) is 3.98. The Bertz CT molecular complexity index is 809. The number of hydrogen-bond donors (Lipinski definition) is 2. The first-order valence-corrected chi connectivity index (χ1v) is 8.77. The van der Waals surface area contributed by atoms with Crippen LogP contribution < -0.4 is 5.32 Å². The Hall–Kier alpha value is -2.77. The van der Waals surface area contributed by atoms with Crippen LogP contribution in [0, 0.1) is 23.7 Å². The lowest BCUT2D eigenvalue weighted by molar-refractivity contribution is -0.160. The molecule has 1 heterocycles. The summed E-state index contributed by atoms with van der Waals surface area (Å²) >= 11 is 0. The molecule has 3 rings (SSSR count). The molecule has 6 atom stereocenters. The van der Waals surface area contributed by atoms with Crippen LogP contribution in [0.1, 0.15) is 27.2 Å². The largest absolute Gasteiger partial charge is 0.488 e. The summed E-state index contributed by atoms with van der Waals surface area (Å²) in [4.78, 5) is 60.2. The minimum Gasteiger partial charge on any atom is -0.488 e. The van der Waals surface area contributed by atoms with E-state index < -0.39 is 47.6 Å². The molecule has 8 nitrogen and oxygen atoms in total. The molecular formula is C19H21NO7. The molecule has 0 saturated heterocycles. The number of fused-ring (bicyclic) bond motifs is 1. The summed E-state index contributed by atoms with van der Waals surface area (Å²) in [5, 5.41) is 12.7. The third-order valence-electron chi connectivity index (χ3n) is 5.51. The van der Waals surface area contributed by atoms with Gasteiger partial charge in [-0.05, 0) is 33.3 Å². The first kappa shape index (κ1) is 19.0. The number of nitrogens with one attached hydrogen (secondary N) is 1. The van der Waals surface area contributed by atoms with Gasteiger partial charge in [-0.15, -0.1) is 0 Å². The average molecular weight is 375 g/mol. The highest BCUT2D eigenvalue weighted by Gasteiger charge is 2.54. The van der Waals surface area contributed by atoms with Crippen molar-refractivity contribution in [3.05, 3.63) is 23.6 Å². The lowest BCUT2D eigenvalue weighted by Gasteiger charge is -2.45. The lowest BCUT2D eigenvalue weighted by atomic mass is 9.72. The zero-order chi connectivity index (χ0) is 20.0. The topological polar surface area (TPSA) is 127 Å². The zero-order valence-corrected chi connectivity index (χ0v) is 15.2. The standard InChI is InChI=1S/C19H21NO7/c1-7(21)10-4-5-12-17(14(10)9(3)23)27-18-13(20-12)6-11(8(2)22)16(24)15(18)19(25)26/h4-5,10-11,13-15,18,20H,6H2,1-3H3,(H,25,26). The summed E-state index contributed by atoms with van der Waals surface area (Å²) in [6, 6.07) is -0.567. The molecule has 0 bridgehead atoms. The van der Waals surface area contributed by atoms with E-state index in [1.807, 2.05) is 0 Å². The van der Waals surface area contributed by atoms with Gasteiger partial charge in [0.25, 0.3) is 0 Å². The van der Waals surface area contributed by atoms with Crippen molar-refractivity contribution in [1.29, 1.82) is 0 Å². The Kier molecular flexibility index (Phi) is 4.75. The van der Waals surface area contributed by atoms with Gasteiger partial charge in [0.15, 0.2) is 11.7 Å². The highest BCUT2D eigenvalue weighted by molar-refractivity contribution is 6.10. The second-order valence-corrected chi connectivity index (χ2v) is 7.31. The zero-order valence-electron chi connectivity index (χ0n) is 15.2. The number of hydrogen-bond acceptors (Lipinski definition) is 7. The molecule has 2 N–H and O–H groups in total. The number of carbonyl (C=O) groups excluding carboxylic acids is 4. The first-order chi connectivity index (χ1) is 12.6. The Morgan fingerprint density at radius 1 is 1.07 bits per heavy atom. The summed E-state index contributed by atoms with van der Waals surface area (Å²) in [7, 11) is 0. The molecule has 0 spiro atoms. The third-order valence-corrected chi connectivity index (χ3v) is 5.51. The maximum Gasteiger partial charge on any atom is 0.317 e. The minimum atomic E-state index is -1.52. The van der Waals surface area contributed by atoms with Crippen molar-refractivity contribution in [2.45, 2.75) is 39.3 Å². The fourth-order valence-electron chi connectivity index (χ4n) is 4.17. The molecule has 27 heavy (non-hydrogen) atoms. The Labute approximate surface area is 155 Å². The molecule has 6 unspecified atom stereocenters. The predicted molar refractivity (Wildman–Crippen MR) is 91.2 cm³/mol. The Morgan fingerprint density at radius 2 is 1.74 bits per heavy atom. The minimum absolute atomic E-state index is 0.119. The summed E-state index contributed by atoms with van der Waals surface area (Å²) < 4.78 is 5.90. The molecule has 8 heteroatoms. The summed E-state index contributed by atoms with van der Waals surface area (Å²) in [6.07, 6.45) is 2.32. The third kappa shape index (κ3) is 3.09. The van der Waals surface area contributed by atoms with E-state index in [-0.39, 0.29) is 29.5 Å². The van der Waals surface area contributed by atoms with E-state index in [4.69, 9.17) is 4.74 Å². The highest BCUT2D eigenvalue weighted by Crippen LogP contribution is 2.40. The van der Waals surface area contributed by atoms with Gasteiger partial charge in [0.2, 0.25) is 0 Å². The van der Waals surface area contributed by atoms with Crippen molar-refractivity contribution >= 4 is 29.1 Å². The van der Waals surface area contributed by atoms with Crippen LogP contribution in [0.4, 0.5) is 0 Å². The van der Waals surface area contributed by atoms with E-state index in [0.29, 0.717) is 5.70 Å². The number of allylic oxidation sites excluding steroid dienone is 3. The molecule has 1 fully saturated rings. The van der Waals surface area contributed by atoms with Crippen LogP contribution >= 0.6 is 0 Å². The fraction of sp³-hybridized carbons (Fsp3) is 0.526. The number of Topliss-reactive ketones (excluding diaryl/α,β-unsaturated/α-hetero) is 4. The van der Waals surface area contributed by atoms with E-state index in [0.717, 1.165) is 0 Å². The van der Waals surface area contributed by atoms with E-state index in [2.05, 4.69) is 5.32 Å². The van der Waals surface area contributed by atoms with E-state index in [9.17, 15) is 29.1 Å². The Morgan fingerprint density at radius 3 is 2.26 bits per heavy atom.